The lowest BCUT2D eigenvalue weighted by Gasteiger charge is -2.29. The van der Waals surface area contributed by atoms with Gasteiger partial charge in [-0.25, -0.2) is 0 Å². The van der Waals surface area contributed by atoms with Gasteiger partial charge in [0.25, 0.3) is 0 Å². The summed E-state index contributed by atoms with van der Waals surface area (Å²) in [6.07, 6.45) is 20.6. The number of hydrogen-bond donors (Lipinski definition) is 0. The maximum absolute atomic E-state index is 4.59. The highest BCUT2D eigenvalue weighted by Gasteiger charge is 2.23. The lowest BCUT2D eigenvalue weighted by Crippen LogP contribution is -2.14. The van der Waals surface area contributed by atoms with Crippen LogP contribution < -0.4 is 0 Å². The molecule has 0 aromatic heterocycles. The van der Waals surface area contributed by atoms with Gasteiger partial charge in [-0.15, -0.1) is 0 Å². The molecule has 2 saturated carbocycles. The molecule has 0 heterocycles. The van der Waals surface area contributed by atoms with Gasteiger partial charge in [0.05, 0.1) is 0 Å². The van der Waals surface area contributed by atoms with Gasteiger partial charge in [-0.05, 0) is 86.8 Å². The third kappa shape index (κ3) is 5.86. The van der Waals surface area contributed by atoms with Crippen molar-refractivity contribution in [1.29, 1.82) is 0 Å². The van der Waals surface area contributed by atoms with Crippen molar-refractivity contribution in [2.75, 3.05) is 0 Å². The van der Waals surface area contributed by atoms with Crippen molar-refractivity contribution in [1.82, 2.24) is 0 Å². The summed E-state index contributed by atoms with van der Waals surface area (Å²) in [4.78, 5) is 0. The molecule has 1 unspecified atom stereocenters. The average Bonchev–Trinajstić information content (AvgIpc) is 2.70. The van der Waals surface area contributed by atoms with Crippen LogP contribution in [0.5, 0.6) is 0 Å². The third-order valence-corrected chi connectivity index (χ3v) is 7.21. The quantitative estimate of drug-likeness (QED) is 0.381. The summed E-state index contributed by atoms with van der Waals surface area (Å²) in [7, 11) is 0. The van der Waals surface area contributed by atoms with Gasteiger partial charge in [-0.3, -0.25) is 0 Å². The predicted molar refractivity (Wildman–Crippen MR) is 117 cm³/mol. The molecule has 0 radical (unpaired) electrons. The average molecular weight is 357 g/mol. The first-order valence-corrected chi connectivity index (χ1v) is 11.7. The Hall–Kier alpha value is -0.780. The summed E-state index contributed by atoms with van der Waals surface area (Å²) in [5.41, 5.74) is 6.28. The van der Waals surface area contributed by atoms with E-state index in [1.807, 2.05) is 0 Å². The minimum absolute atomic E-state index is 0.668. The van der Waals surface area contributed by atoms with E-state index in [2.05, 4.69) is 40.3 Å². The van der Waals surface area contributed by atoms with Crippen LogP contribution in [0.3, 0.4) is 0 Å². The second kappa shape index (κ2) is 11.2. The lowest BCUT2D eigenvalue weighted by atomic mass is 9.76. The maximum Gasteiger partial charge on any atom is -0.0159 e. The van der Waals surface area contributed by atoms with E-state index < -0.39 is 0 Å². The molecule has 1 atom stereocenters. The first kappa shape index (κ1) is 21.5. The van der Waals surface area contributed by atoms with Crippen molar-refractivity contribution >= 4 is 0 Å². The van der Waals surface area contributed by atoms with Crippen molar-refractivity contribution in [3.05, 3.63) is 34.9 Å². The minimum atomic E-state index is 0.668. The Morgan fingerprint density at radius 1 is 0.885 bits per heavy atom. The van der Waals surface area contributed by atoms with Crippen molar-refractivity contribution in [3.8, 4) is 0 Å². The van der Waals surface area contributed by atoms with Crippen LogP contribution in [0.1, 0.15) is 111 Å². The highest BCUT2D eigenvalue weighted by molar-refractivity contribution is 5.41. The molecule has 2 rings (SSSR count). The van der Waals surface area contributed by atoms with Crippen LogP contribution >= 0.6 is 0 Å². The van der Waals surface area contributed by atoms with Gasteiger partial charge < -0.3 is 0 Å². The monoisotopic (exact) mass is 356 g/mol. The minimum Gasteiger partial charge on any atom is -0.0953 e. The molecule has 0 saturated heterocycles. The summed E-state index contributed by atoms with van der Waals surface area (Å²) in [6, 6.07) is 0. The van der Waals surface area contributed by atoms with Crippen LogP contribution in [0.2, 0.25) is 0 Å². The summed E-state index contributed by atoms with van der Waals surface area (Å²) in [6.45, 7) is 14.0. The molecule has 0 N–H and O–H groups in total. The van der Waals surface area contributed by atoms with Crippen LogP contribution in [0.4, 0.5) is 0 Å². The van der Waals surface area contributed by atoms with E-state index in [1.54, 1.807) is 11.1 Å². The summed E-state index contributed by atoms with van der Waals surface area (Å²) >= 11 is 0. The van der Waals surface area contributed by atoms with Crippen LogP contribution in [0, 0.1) is 17.8 Å². The van der Waals surface area contributed by atoms with Gasteiger partial charge in [0.15, 0.2) is 0 Å². The standard InChI is InChI=1S/C26H44/c1-6-14-23(7-2)21(4)22(5)26(25-17-12-9-13-18-25)19-20(3)24-15-10-8-11-16-24/h19,23-25H,4,6-18H2,1-3,5H3/b20-19+,26-22+. The molecule has 0 aromatic carbocycles. The normalized spacial score (nSPS) is 22.8. The molecule has 2 aliphatic carbocycles. The van der Waals surface area contributed by atoms with Crippen LogP contribution in [-0.2, 0) is 0 Å². The zero-order chi connectivity index (χ0) is 18.9. The predicted octanol–water partition coefficient (Wildman–Crippen LogP) is 8.79. The first-order chi connectivity index (χ1) is 12.6. The Balaban J connectivity index is 2.30. The third-order valence-electron chi connectivity index (χ3n) is 7.21. The highest BCUT2D eigenvalue weighted by Crippen LogP contribution is 2.38. The fraction of sp³-hybridized carbons (Fsp3) is 0.769. The molecule has 0 aromatic rings. The van der Waals surface area contributed by atoms with Crippen molar-refractivity contribution in [2.45, 2.75) is 111 Å². The molecule has 0 amide bonds. The van der Waals surface area contributed by atoms with Gasteiger partial charge in [-0.2, -0.15) is 0 Å². The molecular formula is C26H44. The number of allylic oxidation sites excluding steroid dienone is 5. The summed E-state index contributed by atoms with van der Waals surface area (Å²) in [5.74, 6) is 2.28. The molecule has 26 heavy (non-hydrogen) atoms. The van der Waals surface area contributed by atoms with Crippen molar-refractivity contribution < 1.29 is 0 Å². The molecule has 148 valence electrons. The molecule has 2 aliphatic rings. The summed E-state index contributed by atoms with van der Waals surface area (Å²) < 4.78 is 0. The van der Waals surface area contributed by atoms with Gasteiger partial charge in [0.2, 0.25) is 0 Å². The largest absolute Gasteiger partial charge is 0.0953 e. The second-order valence-corrected chi connectivity index (χ2v) is 9.06. The van der Waals surface area contributed by atoms with Gasteiger partial charge in [0, 0.05) is 0 Å². The number of hydrogen-bond acceptors (Lipinski definition) is 0. The molecule has 0 bridgehead atoms. The Labute approximate surface area is 164 Å². The number of rotatable bonds is 8. The Morgan fingerprint density at radius 2 is 1.42 bits per heavy atom. The van der Waals surface area contributed by atoms with Crippen molar-refractivity contribution in [2.24, 2.45) is 17.8 Å². The highest BCUT2D eigenvalue weighted by atomic mass is 14.3. The summed E-state index contributed by atoms with van der Waals surface area (Å²) in [5, 5.41) is 0. The van der Waals surface area contributed by atoms with Crippen LogP contribution in [-0.4, -0.2) is 0 Å². The lowest BCUT2D eigenvalue weighted by molar-refractivity contribution is 0.395. The Kier molecular flexibility index (Phi) is 9.23. The fourth-order valence-electron chi connectivity index (χ4n) is 5.33. The van der Waals surface area contributed by atoms with E-state index in [0.717, 1.165) is 11.8 Å². The van der Waals surface area contributed by atoms with E-state index >= 15 is 0 Å². The zero-order valence-electron chi connectivity index (χ0n) is 18.2. The SMILES string of the molecule is C=C(/C(C)=C(\C=C(/C)C1CCCCC1)C1CCCCC1)C(CC)CCC. The smallest absolute Gasteiger partial charge is 0.0159 e. The van der Waals surface area contributed by atoms with Gasteiger partial charge >= 0.3 is 0 Å². The molecule has 2 fully saturated rings. The van der Waals surface area contributed by atoms with Crippen LogP contribution in [0.15, 0.2) is 34.9 Å². The topological polar surface area (TPSA) is 0 Å². The first-order valence-electron chi connectivity index (χ1n) is 11.7. The molecule has 0 nitrogen and oxygen atoms in total. The van der Waals surface area contributed by atoms with E-state index in [0.29, 0.717) is 5.92 Å². The molecule has 0 aliphatic heterocycles. The zero-order valence-corrected chi connectivity index (χ0v) is 18.2. The Bertz CT molecular complexity index is 492. The molecule has 0 spiro atoms. The van der Waals surface area contributed by atoms with E-state index in [9.17, 15) is 0 Å². The van der Waals surface area contributed by atoms with E-state index in [4.69, 9.17) is 0 Å². The maximum atomic E-state index is 4.59. The fourth-order valence-corrected chi connectivity index (χ4v) is 5.33. The van der Waals surface area contributed by atoms with E-state index in [-0.39, 0.29) is 0 Å². The molecular weight excluding hydrogens is 312 g/mol. The van der Waals surface area contributed by atoms with Gasteiger partial charge in [0.1, 0.15) is 0 Å². The van der Waals surface area contributed by atoms with Crippen molar-refractivity contribution in [3.63, 3.8) is 0 Å². The van der Waals surface area contributed by atoms with Gasteiger partial charge in [-0.1, -0.05) is 77.0 Å². The van der Waals surface area contributed by atoms with E-state index in [1.165, 1.54) is 94.6 Å². The Morgan fingerprint density at radius 3 is 1.92 bits per heavy atom. The molecule has 0 heteroatoms. The van der Waals surface area contributed by atoms with Crippen LogP contribution in [0.25, 0.3) is 0 Å². The second-order valence-electron chi connectivity index (χ2n) is 9.06.